The highest BCUT2D eigenvalue weighted by Crippen LogP contribution is 2.15. The number of fused-ring (bicyclic) bond motifs is 1. The van der Waals surface area contributed by atoms with Crippen molar-refractivity contribution in [1.82, 2.24) is 4.68 Å². The SMILES string of the molecule is Cc1cccc(C(=O)Nn2cc(C(=O)O)c3ccccc3c2=O)c1. The van der Waals surface area contributed by atoms with Crippen molar-refractivity contribution < 1.29 is 14.7 Å². The summed E-state index contributed by atoms with van der Waals surface area (Å²) in [6.45, 7) is 1.85. The van der Waals surface area contributed by atoms with E-state index in [1.165, 1.54) is 6.07 Å². The molecule has 0 bridgehead atoms. The number of aryl methyl sites for hydroxylation is 1. The molecule has 1 aromatic heterocycles. The zero-order chi connectivity index (χ0) is 17.3. The number of pyridine rings is 1. The fourth-order valence-corrected chi connectivity index (χ4v) is 2.51. The lowest BCUT2D eigenvalue weighted by Crippen LogP contribution is -2.33. The van der Waals surface area contributed by atoms with Gasteiger partial charge in [-0.25, -0.2) is 9.47 Å². The number of carbonyl (C=O) groups excluding carboxylic acids is 1. The lowest BCUT2D eigenvalue weighted by Gasteiger charge is -2.11. The summed E-state index contributed by atoms with van der Waals surface area (Å²) < 4.78 is 0.913. The molecule has 1 heterocycles. The standard InChI is InChI=1S/C18H14N2O4/c1-11-5-4-6-12(9-11)16(21)19-20-10-15(18(23)24)13-7-2-3-8-14(13)17(20)22/h2-10H,1H3,(H,19,21)(H,23,24). The van der Waals surface area contributed by atoms with Gasteiger partial charge in [0, 0.05) is 22.5 Å². The third kappa shape index (κ3) is 2.77. The molecular formula is C18H14N2O4. The van der Waals surface area contributed by atoms with Crippen LogP contribution in [-0.4, -0.2) is 21.7 Å². The molecule has 0 saturated heterocycles. The van der Waals surface area contributed by atoms with Crippen molar-refractivity contribution in [3.05, 3.63) is 81.8 Å². The molecule has 6 heteroatoms. The Kier molecular flexibility index (Phi) is 3.87. The number of nitrogens with zero attached hydrogens (tertiary/aromatic N) is 1. The molecule has 0 aliphatic rings. The van der Waals surface area contributed by atoms with Crippen LogP contribution in [0.25, 0.3) is 10.8 Å². The van der Waals surface area contributed by atoms with Crippen molar-refractivity contribution in [2.75, 3.05) is 5.43 Å². The number of aromatic nitrogens is 1. The maximum absolute atomic E-state index is 12.5. The van der Waals surface area contributed by atoms with E-state index in [0.29, 0.717) is 10.9 Å². The summed E-state index contributed by atoms with van der Waals surface area (Å²) >= 11 is 0. The van der Waals surface area contributed by atoms with Gasteiger partial charge < -0.3 is 5.11 Å². The minimum atomic E-state index is -1.18. The largest absolute Gasteiger partial charge is 0.478 e. The van der Waals surface area contributed by atoms with E-state index in [0.717, 1.165) is 16.4 Å². The molecule has 6 nitrogen and oxygen atoms in total. The van der Waals surface area contributed by atoms with Crippen LogP contribution >= 0.6 is 0 Å². The van der Waals surface area contributed by atoms with Crippen LogP contribution in [-0.2, 0) is 0 Å². The second-order valence-electron chi connectivity index (χ2n) is 5.38. The highest BCUT2D eigenvalue weighted by atomic mass is 16.4. The minimum absolute atomic E-state index is 0.0604. The van der Waals surface area contributed by atoms with Gasteiger partial charge in [0.05, 0.1) is 5.56 Å². The number of amides is 1. The number of carbonyl (C=O) groups is 2. The highest BCUT2D eigenvalue weighted by molar-refractivity contribution is 6.04. The van der Waals surface area contributed by atoms with Crippen molar-refractivity contribution in [2.24, 2.45) is 0 Å². The molecule has 0 spiro atoms. The number of carboxylic acid groups (broad SMARTS) is 1. The average molecular weight is 322 g/mol. The lowest BCUT2D eigenvalue weighted by atomic mass is 10.1. The quantitative estimate of drug-likeness (QED) is 0.775. The number of hydrogen-bond donors (Lipinski definition) is 2. The van der Waals surface area contributed by atoms with Gasteiger partial charge in [0.1, 0.15) is 0 Å². The van der Waals surface area contributed by atoms with E-state index in [1.54, 1.807) is 36.4 Å². The second-order valence-corrected chi connectivity index (χ2v) is 5.38. The summed E-state index contributed by atoms with van der Waals surface area (Å²) in [5.74, 6) is -1.67. The summed E-state index contributed by atoms with van der Waals surface area (Å²) in [4.78, 5) is 36.3. The van der Waals surface area contributed by atoms with Crippen LogP contribution < -0.4 is 11.0 Å². The van der Waals surface area contributed by atoms with E-state index in [4.69, 9.17) is 0 Å². The molecule has 0 aliphatic carbocycles. The molecule has 2 aromatic carbocycles. The van der Waals surface area contributed by atoms with E-state index in [2.05, 4.69) is 5.43 Å². The van der Waals surface area contributed by atoms with Gasteiger partial charge in [-0.15, -0.1) is 0 Å². The van der Waals surface area contributed by atoms with Crippen LogP contribution in [0.15, 0.2) is 59.5 Å². The summed E-state index contributed by atoms with van der Waals surface area (Å²) in [6.07, 6.45) is 1.13. The summed E-state index contributed by atoms with van der Waals surface area (Å²) in [5.41, 5.74) is 3.18. The smallest absolute Gasteiger partial charge is 0.337 e. The van der Waals surface area contributed by atoms with E-state index in [9.17, 15) is 19.5 Å². The Balaban J connectivity index is 2.10. The molecule has 0 unspecified atom stereocenters. The van der Waals surface area contributed by atoms with E-state index < -0.39 is 17.4 Å². The zero-order valence-electron chi connectivity index (χ0n) is 12.8. The Morgan fingerprint density at radius 1 is 1.04 bits per heavy atom. The molecule has 0 fully saturated rings. The van der Waals surface area contributed by atoms with Crippen molar-refractivity contribution in [1.29, 1.82) is 0 Å². The Hall–Kier alpha value is -3.41. The first-order chi connectivity index (χ1) is 11.5. The van der Waals surface area contributed by atoms with Crippen LogP contribution in [0.5, 0.6) is 0 Å². The van der Waals surface area contributed by atoms with Gasteiger partial charge in [0.25, 0.3) is 11.5 Å². The Morgan fingerprint density at radius 2 is 1.75 bits per heavy atom. The summed E-state index contributed by atoms with van der Waals surface area (Å²) in [6, 6.07) is 13.3. The van der Waals surface area contributed by atoms with Crippen LogP contribution in [0.3, 0.4) is 0 Å². The molecule has 2 N–H and O–H groups in total. The first kappa shape index (κ1) is 15.5. The van der Waals surface area contributed by atoms with Crippen LogP contribution in [0.2, 0.25) is 0 Å². The first-order valence-corrected chi connectivity index (χ1v) is 7.23. The number of rotatable bonds is 3. The summed E-state index contributed by atoms with van der Waals surface area (Å²) in [5, 5.41) is 9.91. The van der Waals surface area contributed by atoms with Gasteiger partial charge in [0.2, 0.25) is 0 Å². The van der Waals surface area contributed by atoms with Gasteiger partial charge in [0.15, 0.2) is 0 Å². The van der Waals surface area contributed by atoms with E-state index in [-0.39, 0.29) is 10.9 Å². The Morgan fingerprint density at radius 3 is 2.42 bits per heavy atom. The number of aromatic carboxylic acids is 1. The second kappa shape index (κ2) is 6.00. The van der Waals surface area contributed by atoms with Gasteiger partial charge in [-0.3, -0.25) is 15.0 Å². The fraction of sp³-hybridized carbons (Fsp3) is 0.0556. The first-order valence-electron chi connectivity index (χ1n) is 7.23. The molecule has 0 saturated carbocycles. The lowest BCUT2D eigenvalue weighted by molar-refractivity contribution is 0.0697. The predicted molar refractivity (Wildman–Crippen MR) is 90.0 cm³/mol. The molecule has 0 radical (unpaired) electrons. The van der Waals surface area contributed by atoms with E-state index >= 15 is 0 Å². The molecule has 24 heavy (non-hydrogen) atoms. The molecule has 120 valence electrons. The number of carboxylic acids is 1. The normalized spacial score (nSPS) is 10.5. The maximum Gasteiger partial charge on any atom is 0.337 e. The van der Waals surface area contributed by atoms with Crippen molar-refractivity contribution in [2.45, 2.75) is 6.92 Å². The van der Waals surface area contributed by atoms with Gasteiger partial charge >= 0.3 is 5.97 Å². The Bertz CT molecular complexity index is 1020. The molecular weight excluding hydrogens is 308 g/mol. The topological polar surface area (TPSA) is 88.4 Å². The summed E-state index contributed by atoms with van der Waals surface area (Å²) in [7, 11) is 0. The number of nitrogens with one attached hydrogen (secondary N) is 1. The zero-order valence-corrected chi connectivity index (χ0v) is 12.8. The molecule has 0 atom stereocenters. The maximum atomic E-state index is 12.5. The van der Waals surface area contributed by atoms with Gasteiger partial charge in [-0.2, -0.15) is 0 Å². The third-order valence-corrected chi connectivity index (χ3v) is 3.66. The molecule has 3 rings (SSSR count). The van der Waals surface area contributed by atoms with Gasteiger partial charge in [-0.1, -0.05) is 35.9 Å². The monoisotopic (exact) mass is 322 g/mol. The van der Waals surface area contributed by atoms with Gasteiger partial charge in [-0.05, 0) is 25.1 Å². The minimum Gasteiger partial charge on any atom is -0.478 e. The molecule has 1 amide bonds. The third-order valence-electron chi connectivity index (χ3n) is 3.66. The number of hydrogen-bond acceptors (Lipinski definition) is 3. The average Bonchev–Trinajstić information content (AvgIpc) is 2.57. The predicted octanol–water partition coefficient (Wildman–Crippen LogP) is 2.39. The fourth-order valence-electron chi connectivity index (χ4n) is 2.51. The van der Waals surface area contributed by atoms with E-state index in [1.807, 2.05) is 13.0 Å². The molecule has 0 aliphatic heterocycles. The Labute approximate surface area is 136 Å². The van der Waals surface area contributed by atoms with Crippen molar-refractivity contribution in [3.63, 3.8) is 0 Å². The molecule has 3 aromatic rings. The van der Waals surface area contributed by atoms with Crippen LogP contribution in [0.1, 0.15) is 26.3 Å². The highest BCUT2D eigenvalue weighted by Gasteiger charge is 2.15. The van der Waals surface area contributed by atoms with Crippen molar-refractivity contribution in [3.8, 4) is 0 Å². The van der Waals surface area contributed by atoms with Crippen LogP contribution in [0, 0.1) is 6.92 Å². The number of benzene rings is 2. The van der Waals surface area contributed by atoms with Crippen molar-refractivity contribution >= 4 is 22.6 Å². The van der Waals surface area contributed by atoms with Crippen LogP contribution in [0.4, 0.5) is 0 Å².